The zero-order valence-electron chi connectivity index (χ0n) is 14.4. The summed E-state index contributed by atoms with van der Waals surface area (Å²) >= 11 is 1.22. The lowest BCUT2D eigenvalue weighted by Gasteiger charge is -2.08. The molecule has 8 heteroatoms. The quantitative estimate of drug-likeness (QED) is 0.649. The van der Waals surface area contributed by atoms with Crippen LogP contribution in [0.5, 0.6) is 5.75 Å². The van der Waals surface area contributed by atoms with Crippen LogP contribution in [0.1, 0.15) is 15.2 Å². The van der Waals surface area contributed by atoms with E-state index in [1.807, 2.05) is 6.07 Å². The third-order valence-electron chi connectivity index (χ3n) is 3.63. The minimum Gasteiger partial charge on any atom is -0.484 e. The standard InChI is InChI=1S/C20H14FN3O3S/c21-15-5-3-14(4-6-15)17-9-10-18(28-17)20(26)24-23-19(25)12-27-16-7-1-13(11-22)2-8-16/h1-10H,12H2,(H,23,25)(H,24,26). The first-order valence-electron chi connectivity index (χ1n) is 8.13. The predicted octanol–water partition coefficient (Wildman–Crippen LogP) is 3.27. The number of nitriles is 1. The molecular weight excluding hydrogens is 381 g/mol. The molecule has 0 saturated carbocycles. The van der Waals surface area contributed by atoms with Crippen LogP contribution in [-0.4, -0.2) is 18.4 Å². The molecule has 1 aromatic heterocycles. The third kappa shape index (κ3) is 4.93. The SMILES string of the molecule is N#Cc1ccc(OCC(=O)NNC(=O)c2ccc(-c3ccc(F)cc3)s2)cc1. The van der Waals surface area contributed by atoms with Crippen molar-refractivity contribution in [3.63, 3.8) is 0 Å². The number of rotatable bonds is 5. The third-order valence-corrected chi connectivity index (χ3v) is 4.76. The average Bonchev–Trinajstić information content (AvgIpc) is 3.21. The number of halogens is 1. The smallest absolute Gasteiger partial charge is 0.279 e. The first-order valence-corrected chi connectivity index (χ1v) is 8.95. The summed E-state index contributed by atoms with van der Waals surface area (Å²) in [6.07, 6.45) is 0. The number of nitrogens with one attached hydrogen (secondary N) is 2. The normalized spacial score (nSPS) is 10.0. The van der Waals surface area contributed by atoms with Crippen molar-refractivity contribution in [2.24, 2.45) is 0 Å². The summed E-state index contributed by atoms with van der Waals surface area (Å²) in [6, 6.07) is 17.6. The Hall–Kier alpha value is -3.70. The molecule has 2 aromatic carbocycles. The fourth-order valence-corrected chi connectivity index (χ4v) is 3.13. The molecule has 140 valence electrons. The van der Waals surface area contributed by atoms with E-state index in [0.717, 1.165) is 10.4 Å². The van der Waals surface area contributed by atoms with Gasteiger partial charge >= 0.3 is 0 Å². The second-order valence-corrected chi connectivity index (χ2v) is 6.68. The Morgan fingerprint density at radius 2 is 1.71 bits per heavy atom. The van der Waals surface area contributed by atoms with E-state index in [-0.39, 0.29) is 12.4 Å². The molecule has 0 aliphatic heterocycles. The van der Waals surface area contributed by atoms with Gasteiger partial charge in [-0.15, -0.1) is 11.3 Å². The molecule has 6 nitrogen and oxygen atoms in total. The summed E-state index contributed by atoms with van der Waals surface area (Å²) < 4.78 is 18.3. The number of carbonyl (C=O) groups excluding carboxylic acids is 2. The molecule has 1 heterocycles. The molecule has 0 aliphatic carbocycles. The van der Waals surface area contributed by atoms with Crippen molar-refractivity contribution in [1.29, 1.82) is 5.26 Å². The maximum Gasteiger partial charge on any atom is 0.279 e. The highest BCUT2D eigenvalue weighted by Crippen LogP contribution is 2.28. The number of nitrogens with zero attached hydrogens (tertiary/aromatic N) is 1. The minimum absolute atomic E-state index is 0.294. The fourth-order valence-electron chi connectivity index (χ4n) is 2.23. The number of hydrogen-bond acceptors (Lipinski definition) is 5. The van der Waals surface area contributed by atoms with E-state index in [9.17, 15) is 14.0 Å². The van der Waals surface area contributed by atoms with Crippen LogP contribution in [-0.2, 0) is 4.79 Å². The van der Waals surface area contributed by atoms with E-state index >= 15 is 0 Å². The molecule has 28 heavy (non-hydrogen) atoms. The van der Waals surface area contributed by atoms with Crippen LogP contribution in [0.25, 0.3) is 10.4 Å². The minimum atomic E-state index is -0.534. The van der Waals surface area contributed by atoms with Crippen LogP contribution in [0.2, 0.25) is 0 Å². The van der Waals surface area contributed by atoms with E-state index in [0.29, 0.717) is 16.2 Å². The Kier molecular flexibility index (Phi) is 5.99. The molecule has 2 N–H and O–H groups in total. The highest BCUT2D eigenvalue weighted by Gasteiger charge is 2.12. The lowest BCUT2D eigenvalue weighted by atomic mass is 10.2. The van der Waals surface area contributed by atoms with Gasteiger partial charge in [-0.25, -0.2) is 4.39 Å². The van der Waals surface area contributed by atoms with Crippen molar-refractivity contribution >= 4 is 23.2 Å². The Morgan fingerprint density at radius 1 is 1.00 bits per heavy atom. The monoisotopic (exact) mass is 395 g/mol. The van der Waals surface area contributed by atoms with Crippen LogP contribution in [0, 0.1) is 17.1 Å². The molecule has 0 aliphatic rings. The molecule has 3 rings (SSSR count). The molecule has 3 aromatic rings. The van der Waals surface area contributed by atoms with Crippen molar-refractivity contribution < 1.29 is 18.7 Å². The maximum atomic E-state index is 13.0. The molecule has 0 atom stereocenters. The van der Waals surface area contributed by atoms with Gasteiger partial charge < -0.3 is 4.74 Å². The summed E-state index contributed by atoms with van der Waals surface area (Å²) in [5.41, 5.74) is 5.87. The summed E-state index contributed by atoms with van der Waals surface area (Å²) in [6.45, 7) is -0.294. The van der Waals surface area contributed by atoms with E-state index in [1.165, 1.54) is 23.5 Å². The number of carbonyl (C=O) groups is 2. The number of ether oxygens (including phenoxy) is 1. The zero-order chi connectivity index (χ0) is 19.9. The predicted molar refractivity (Wildman–Crippen MR) is 102 cm³/mol. The van der Waals surface area contributed by atoms with Crippen molar-refractivity contribution in [3.8, 4) is 22.3 Å². The lowest BCUT2D eigenvalue weighted by Crippen LogP contribution is -2.43. The molecule has 0 radical (unpaired) electrons. The van der Waals surface area contributed by atoms with Gasteiger partial charge in [0.15, 0.2) is 6.61 Å². The number of benzene rings is 2. The topological polar surface area (TPSA) is 91.2 Å². The fraction of sp³-hybridized carbons (Fsp3) is 0.0500. The van der Waals surface area contributed by atoms with Crippen molar-refractivity contribution in [1.82, 2.24) is 10.9 Å². The Bertz CT molecular complexity index is 1020. The Balaban J connectivity index is 1.49. The van der Waals surface area contributed by atoms with Crippen molar-refractivity contribution in [2.75, 3.05) is 6.61 Å². The van der Waals surface area contributed by atoms with Gasteiger partial charge in [-0.1, -0.05) is 12.1 Å². The average molecular weight is 395 g/mol. The lowest BCUT2D eigenvalue weighted by molar-refractivity contribution is -0.123. The summed E-state index contributed by atoms with van der Waals surface area (Å²) in [5, 5.41) is 8.73. The summed E-state index contributed by atoms with van der Waals surface area (Å²) in [4.78, 5) is 25.1. The van der Waals surface area contributed by atoms with Gasteiger partial charge in [-0.2, -0.15) is 5.26 Å². The Labute approximate surface area is 164 Å². The van der Waals surface area contributed by atoms with Crippen LogP contribution < -0.4 is 15.6 Å². The van der Waals surface area contributed by atoms with E-state index in [4.69, 9.17) is 10.00 Å². The van der Waals surface area contributed by atoms with Gasteiger partial charge in [0.25, 0.3) is 11.8 Å². The molecule has 0 fully saturated rings. The highest BCUT2D eigenvalue weighted by atomic mass is 32.1. The van der Waals surface area contributed by atoms with Crippen LogP contribution in [0.4, 0.5) is 4.39 Å². The molecule has 0 bridgehead atoms. The molecule has 0 saturated heterocycles. The largest absolute Gasteiger partial charge is 0.484 e. The van der Waals surface area contributed by atoms with Crippen LogP contribution in [0.15, 0.2) is 60.7 Å². The number of hydrogen-bond donors (Lipinski definition) is 2. The van der Waals surface area contributed by atoms with Crippen molar-refractivity contribution in [3.05, 3.63) is 76.9 Å². The van der Waals surface area contributed by atoms with E-state index in [2.05, 4.69) is 10.9 Å². The Morgan fingerprint density at radius 3 is 2.39 bits per heavy atom. The van der Waals surface area contributed by atoms with Crippen LogP contribution >= 0.6 is 11.3 Å². The number of hydrazine groups is 1. The molecular formula is C20H14FN3O3S. The van der Waals surface area contributed by atoms with Gasteiger partial charge in [0.05, 0.1) is 16.5 Å². The van der Waals surface area contributed by atoms with E-state index in [1.54, 1.807) is 48.5 Å². The summed E-state index contributed by atoms with van der Waals surface area (Å²) in [7, 11) is 0. The first-order chi connectivity index (χ1) is 13.5. The second kappa shape index (κ2) is 8.79. The van der Waals surface area contributed by atoms with Crippen molar-refractivity contribution in [2.45, 2.75) is 0 Å². The van der Waals surface area contributed by atoms with Gasteiger partial charge in [-0.05, 0) is 54.1 Å². The van der Waals surface area contributed by atoms with Gasteiger partial charge in [-0.3, -0.25) is 20.4 Å². The number of amides is 2. The maximum absolute atomic E-state index is 13.0. The van der Waals surface area contributed by atoms with Crippen LogP contribution in [0.3, 0.4) is 0 Å². The van der Waals surface area contributed by atoms with E-state index < -0.39 is 11.8 Å². The van der Waals surface area contributed by atoms with Gasteiger partial charge in [0, 0.05) is 4.88 Å². The highest BCUT2D eigenvalue weighted by molar-refractivity contribution is 7.17. The van der Waals surface area contributed by atoms with Gasteiger partial charge in [0.1, 0.15) is 11.6 Å². The zero-order valence-corrected chi connectivity index (χ0v) is 15.3. The molecule has 0 unspecified atom stereocenters. The second-order valence-electron chi connectivity index (χ2n) is 5.60. The molecule has 0 spiro atoms. The number of thiophene rings is 1. The molecule has 2 amide bonds. The summed E-state index contributed by atoms with van der Waals surface area (Å²) in [5.74, 6) is -0.898. The first kappa shape index (κ1) is 19.1. The van der Waals surface area contributed by atoms with Gasteiger partial charge in [0.2, 0.25) is 0 Å².